The van der Waals surface area contributed by atoms with Gasteiger partial charge >= 0.3 is 0 Å². The summed E-state index contributed by atoms with van der Waals surface area (Å²) in [4.78, 5) is 0. The summed E-state index contributed by atoms with van der Waals surface area (Å²) in [6, 6.07) is 6.42. The number of ether oxygens (including phenoxy) is 1. The number of hydrogen-bond acceptors (Lipinski definition) is 2. The van der Waals surface area contributed by atoms with Crippen molar-refractivity contribution in [2.75, 3.05) is 19.7 Å². The number of hydrogen-bond donors (Lipinski definition) is 1. The summed E-state index contributed by atoms with van der Waals surface area (Å²) in [5, 5.41) is 3.26. The van der Waals surface area contributed by atoms with Crippen LogP contribution in [0.1, 0.15) is 38.8 Å². The summed E-state index contributed by atoms with van der Waals surface area (Å²) in [6.45, 7) is 17.2. The average Bonchev–Trinajstić information content (AvgIpc) is 2.32. The second-order valence-corrected chi connectivity index (χ2v) is 6.07. The number of rotatable bonds is 6. The van der Waals surface area contributed by atoms with Gasteiger partial charge < -0.3 is 10.1 Å². The minimum absolute atomic E-state index is 0.0893. The Morgan fingerprint density at radius 2 is 2.00 bits per heavy atom. The Kier molecular flexibility index (Phi) is 5.61. The van der Waals surface area contributed by atoms with Gasteiger partial charge in [0.05, 0.1) is 0 Å². The van der Waals surface area contributed by atoms with E-state index in [0.29, 0.717) is 6.61 Å². The molecule has 1 N–H and O–H groups in total. The molecule has 1 aromatic carbocycles. The Balaban J connectivity index is 2.77. The first-order valence-corrected chi connectivity index (χ1v) is 6.96. The molecule has 0 aliphatic carbocycles. The van der Waals surface area contributed by atoms with E-state index in [-0.39, 0.29) is 5.41 Å². The standard InChI is InChI=1S/C17H27NO/c1-7-18-11-14(3)12-19-16-10-13(2)8-9-15(16)17(4,5)6/h8-10,18H,3,7,11-12H2,1-2,4-6H3. The maximum absolute atomic E-state index is 5.96. The molecule has 0 spiro atoms. The van der Waals surface area contributed by atoms with Crippen LogP contribution in [0.2, 0.25) is 0 Å². The monoisotopic (exact) mass is 261 g/mol. The van der Waals surface area contributed by atoms with Crippen LogP contribution in [0.4, 0.5) is 0 Å². The smallest absolute Gasteiger partial charge is 0.123 e. The van der Waals surface area contributed by atoms with Crippen molar-refractivity contribution in [2.24, 2.45) is 0 Å². The van der Waals surface area contributed by atoms with E-state index in [1.165, 1.54) is 11.1 Å². The average molecular weight is 261 g/mol. The maximum Gasteiger partial charge on any atom is 0.123 e. The fourth-order valence-corrected chi connectivity index (χ4v) is 1.90. The minimum atomic E-state index is 0.0893. The molecular formula is C17H27NO. The Morgan fingerprint density at radius 1 is 1.32 bits per heavy atom. The zero-order valence-corrected chi connectivity index (χ0v) is 13.0. The molecule has 0 amide bonds. The van der Waals surface area contributed by atoms with E-state index in [1.54, 1.807) is 0 Å². The lowest BCUT2D eigenvalue weighted by Gasteiger charge is -2.23. The molecule has 0 aromatic heterocycles. The van der Waals surface area contributed by atoms with Crippen LogP contribution in [-0.4, -0.2) is 19.7 Å². The SMILES string of the molecule is C=C(CNCC)COc1cc(C)ccc1C(C)(C)C. The molecule has 0 fully saturated rings. The summed E-state index contributed by atoms with van der Waals surface area (Å²) in [5.41, 5.74) is 3.63. The summed E-state index contributed by atoms with van der Waals surface area (Å²) < 4.78 is 5.96. The lowest BCUT2D eigenvalue weighted by atomic mass is 9.86. The van der Waals surface area contributed by atoms with Crippen molar-refractivity contribution in [1.82, 2.24) is 5.32 Å². The van der Waals surface area contributed by atoms with Crippen LogP contribution in [0.15, 0.2) is 30.4 Å². The third-order valence-electron chi connectivity index (χ3n) is 3.00. The first-order valence-electron chi connectivity index (χ1n) is 6.96. The molecule has 0 heterocycles. The number of likely N-dealkylation sites (N-methyl/N-ethyl adjacent to an activating group) is 1. The topological polar surface area (TPSA) is 21.3 Å². The van der Waals surface area contributed by atoms with Gasteiger partial charge in [0.2, 0.25) is 0 Å². The third-order valence-corrected chi connectivity index (χ3v) is 3.00. The predicted molar refractivity (Wildman–Crippen MR) is 83.1 cm³/mol. The molecule has 2 nitrogen and oxygen atoms in total. The van der Waals surface area contributed by atoms with Gasteiger partial charge in [-0.15, -0.1) is 0 Å². The van der Waals surface area contributed by atoms with E-state index >= 15 is 0 Å². The Hall–Kier alpha value is -1.28. The summed E-state index contributed by atoms with van der Waals surface area (Å²) >= 11 is 0. The number of nitrogens with one attached hydrogen (secondary N) is 1. The molecule has 0 unspecified atom stereocenters. The maximum atomic E-state index is 5.96. The van der Waals surface area contributed by atoms with Gasteiger partial charge in [-0.05, 0) is 41.6 Å². The highest BCUT2D eigenvalue weighted by atomic mass is 16.5. The quantitative estimate of drug-likeness (QED) is 0.786. The van der Waals surface area contributed by atoms with E-state index in [4.69, 9.17) is 4.74 Å². The van der Waals surface area contributed by atoms with E-state index in [0.717, 1.165) is 24.4 Å². The van der Waals surface area contributed by atoms with Crippen LogP contribution in [0.3, 0.4) is 0 Å². The van der Waals surface area contributed by atoms with Crippen molar-refractivity contribution in [3.05, 3.63) is 41.5 Å². The highest BCUT2D eigenvalue weighted by molar-refractivity contribution is 5.41. The first kappa shape index (κ1) is 15.8. The van der Waals surface area contributed by atoms with Crippen LogP contribution in [-0.2, 0) is 5.41 Å². The summed E-state index contributed by atoms with van der Waals surface area (Å²) in [6.07, 6.45) is 0. The van der Waals surface area contributed by atoms with Crippen LogP contribution < -0.4 is 10.1 Å². The van der Waals surface area contributed by atoms with E-state index in [9.17, 15) is 0 Å². The molecule has 106 valence electrons. The van der Waals surface area contributed by atoms with Gasteiger partial charge in [-0.2, -0.15) is 0 Å². The molecule has 0 aliphatic heterocycles. The lowest BCUT2D eigenvalue weighted by molar-refractivity contribution is 0.337. The zero-order valence-electron chi connectivity index (χ0n) is 13.0. The molecule has 0 bridgehead atoms. The number of benzene rings is 1. The van der Waals surface area contributed by atoms with Gasteiger partial charge in [0, 0.05) is 6.54 Å². The second-order valence-electron chi connectivity index (χ2n) is 6.07. The molecule has 19 heavy (non-hydrogen) atoms. The van der Waals surface area contributed by atoms with E-state index < -0.39 is 0 Å². The first-order chi connectivity index (χ1) is 8.84. The predicted octanol–water partition coefficient (Wildman–Crippen LogP) is 3.84. The molecule has 2 heteroatoms. The van der Waals surface area contributed by atoms with Crippen molar-refractivity contribution in [1.29, 1.82) is 0 Å². The fourth-order valence-electron chi connectivity index (χ4n) is 1.90. The van der Waals surface area contributed by atoms with Gasteiger partial charge in [-0.3, -0.25) is 0 Å². The van der Waals surface area contributed by atoms with Crippen molar-refractivity contribution >= 4 is 0 Å². The van der Waals surface area contributed by atoms with E-state index in [2.05, 4.69) is 64.7 Å². The fraction of sp³-hybridized carbons (Fsp3) is 0.529. The van der Waals surface area contributed by atoms with Gasteiger partial charge in [0.1, 0.15) is 12.4 Å². The Bertz CT molecular complexity index is 429. The van der Waals surface area contributed by atoms with Gasteiger partial charge in [-0.25, -0.2) is 0 Å². The third kappa shape index (κ3) is 5.07. The van der Waals surface area contributed by atoms with Crippen LogP contribution in [0.25, 0.3) is 0 Å². The van der Waals surface area contributed by atoms with Crippen LogP contribution in [0, 0.1) is 6.92 Å². The van der Waals surface area contributed by atoms with Crippen molar-refractivity contribution < 1.29 is 4.74 Å². The summed E-state index contributed by atoms with van der Waals surface area (Å²) in [5.74, 6) is 0.977. The largest absolute Gasteiger partial charge is 0.489 e. The molecular weight excluding hydrogens is 234 g/mol. The van der Waals surface area contributed by atoms with Gasteiger partial charge in [0.15, 0.2) is 0 Å². The molecule has 1 rings (SSSR count). The molecule has 0 saturated carbocycles. The highest BCUT2D eigenvalue weighted by Gasteiger charge is 2.19. The van der Waals surface area contributed by atoms with E-state index in [1.807, 2.05) is 0 Å². The second kappa shape index (κ2) is 6.76. The zero-order chi connectivity index (χ0) is 14.5. The minimum Gasteiger partial charge on any atom is -0.489 e. The van der Waals surface area contributed by atoms with Crippen molar-refractivity contribution in [2.45, 2.75) is 40.0 Å². The lowest BCUT2D eigenvalue weighted by Crippen LogP contribution is -2.20. The molecule has 0 saturated heterocycles. The highest BCUT2D eigenvalue weighted by Crippen LogP contribution is 2.32. The van der Waals surface area contributed by atoms with Crippen LogP contribution >= 0.6 is 0 Å². The normalized spacial score (nSPS) is 11.4. The Labute approximate surface area is 117 Å². The van der Waals surface area contributed by atoms with Gasteiger partial charge in [0.25, 0.3) is 0 Å². The number of aryl methyl sites for hydroxylation is 1. The molecule has 0 radical (unpaired) electrons. The molecule has 0 aliphatic rings. The molecule has 1 aromatic rings. The van der Waals surface area contributed by atoms with Crippen molar-refractivity contribution in [3.8, 4) is 5.75 Å². The van der Waals surface area contributed by atoms with Gasteiger partial charge in [-0.1, -0.05) is 46.4 Å². The van der Waals surface area contributed by atoms with Crippen molar-refractivity contribution in [3.63, 3.8) is 0 Å². The van der Waals surface area contributed by atoms with Crippen LogP contribution in [0.5, 0.6) is 5.75 Å². The molecule has 0 atom stereocenters. The summed E-state index contributed by atoms with van der Waals surface area (Å²) in [7, 11) is 0. The Morgan fingerprint density at radius 3 is 2.58 bits per heavy atom.